The van der Waals surface area contributed by atoms with Crippen LogP contribution in [0.25, 0.3) is 0 Å². The zero-order chi connectivity index (χ0) is 14.7. The fourth-order valence-corrected chi connectivity index (χ4v) is 2.82. The first-order valence-corrected chi connectivity index (χ1v) is 7.15. The van der Waals surface area contributed by atoms with Crippen molar-refractivity contribution in [1.82, 2.24) is 9.80 Å². The third kappa shape index (κ3) is 3.84. The maximum absolute atomic E-state index is 10.9. The lowest BCUT2D eigenvalue weighted by atomic mass is 9.96. The number of carboxylic acids is 1. The number of hydrogen-bond acceptors (Lipinski definition) is 4. The Labute approximate surface area is 120 Å². The second-order valence-electron chi connectivity index (χ2n) is 5.94. The standard InChI is InChI=1S/C15H24N2O3/c1-11-13(8-14(20-11)15(18)19)10-17(3)9-12-4-6-16(2)7-5-12/h8,12H,4-7,9-10H2,1-3H3,(H,18,19). The highest BCUT2D eigenvalue weighted by Crippen LogP contribution is 2.20. The number of likely N-dealkylation sites (tertiary alicyclic amines) is 1. The first kappa shape index (κ1) is 15.1. The molecule has 1 aliphatic rings. The van der Waals surface area contributed by atoms with E-state index < -0.39 is 5.97 Å². The fraction of sp³-hybridized carbons (Fsp3) is 0.667. The Balaban J connectivity index is 1.88. The fourth-order valence-electron chi connectivity index (χ4n) is 2.82. The molecular weight excluding hydrogens is 256 g/mol. The Hall–Kier alpha value is -1.33. The maximum atomic E-state index is 10.9. The van der Waals surface area contributed by atoms with Crippen molar-refractivity contribution >= 4 is 5.97 Å². The lowest BCUT2D eigenvalue weighted by Gasteiger charge is -2.31. The summed E-state index contributed by atoms with van der Waals surface area (Å²) >= 11 is 0. The molecule has 2 heterocycles. The van der Waals surface area contributed by atoms with Crippen LogP contribution in [0, 0.1) is 12.8 Å². The summed E-state index contributed by atoms with van der Waals surface area (Å²) in [6, 6.07) is 1.64. The molecule has 0 saturated carbocycles. The average Bonchev–Trinajstić information content (AvgIpc) is 2.74. The minimum absolute atomic E-state index is 0.0326. The molecule has 0 amide bonds. The van der Waals surface area contributed by atoms with Crippen LogP contribution in [0.5, 0.6) is 0 Å². The van der Waals surface area contributed by atoms with Gasteiger partial charge < -0.3 is 19.3 Å². The second kappa shape index (κ2) is 6.41. The van der Waals surface area contributed by atoms with Crippen LogP contribution in [0.2, 0.25) is 0 Å². The van der Waals surface area contributed by atoms with Gasteiger partial charge in [0.05, 0.1) is 0 Å². The van der Waals surface area contributed by atoms with Gasteiger partial charge in [-0.1, -0.05) is 0 Å². The number of nitrogens with zero attached hydrogens (tertiary/aromatic N) is 2. The third-order valence-electron chi connectivity index (χ3n) is 4.08. The van der Waals surface area contributed by atoms with E-state index in [2.05, 4.69) is 23.9 Å². The molecule has 0 bridgehead atoms. The molecule has 1 saturated heterocycles. The van der Waals surface area contributed by atoms with Crippen LogP contribution in [0.3, 0.4) is 0 Å². The highest BCUT2D eigenvalue weighted by Gasteiger charge is 2.19. The van der Waals surface area contributed by atoms with E-state index in [-0.39, 0.29) is 5.76 Å². The molecule has 0 radical (unpaired) electrons. The molecule has 1 aromatic heterocycles. The van der Waals surface area contributed by atoms with Crippen molar-refractivity contribution in [2.24, 2.45) is 5.92 Å². The second-order valence-corrected chi connectivity index (χ2v) is 5.94. The topological polar surface area (TPSA) is 56.9 Å². The molecule has 2 rings (SSSR count). The van der Waals surface area contributed by atoms with Crippen molar-refractivity contribution in [2.75, 3.05) is 33.7 Å². The Morgan fingerprint density at radius 1 is 1.50 bits per heavy atom. The Morgan fingerprint density at radius 3 is 2.70 bits per heavy atom. The highest BCUT2D eigenvalue weighted by molar-refractivity contribution is 5.84. The van der Waals surface area contributed by atoms with Crippen LogP contribution < -0.4 is 0 Å². The molecule has 1 fully saturated rings. The van der Waals surface area contributed by atoms with E-state index in [1.54, 1.807) is 6.07 Å². The predicted octanol–water partition coefficient (Wildman–Crippen LogP) is 2.06. The highest BCUT2D eigenvalue weighted by atomic mass is 16.4. The molecule has 5 nitrogen and oxygen atoms in total. The molecule has 1 aliphatic heterocycles. The van der Waals surface area contributed by atoms with Crippen molar-refractivity contribution < 1.29 is 14.3 Å². The molecule has 1 aromatic rings. The van der Waals surface area contributed by atoms with E-state index in [1.807, 2.05) is 6.92 Å². The number of aryl methyl sites for hydroxylation is 1. The number of furan rings is 1. The summed E-state index contributed by atoms with van der Waals surface area (Å²) in [4.78, 5) is 15.5. The summed E-state index contributed by atoms with van der Waals surface area (Å²) in [6.45, 7) is 5.97. The molecule has 0 atom stereocenters. The van der Waals surface area contributed by atoms with Gasteiger partial charge in [0.1, 0.15) is 5.76 Å². The number of piperidine rings is 1. The van der Waals surface area contributed by atoms with E-state index in [9.17, 15) is 4.79 Å². The van der Waals surface area contributed by atoms with Crippen LogP contribution in [-0.4, -0.2) is 54.6 Å². The first-order valence-electron chi connectivity index (χ1n) is 7.15. The quantitative estimate of drug-likeness (QED) is 0.894. The van der Waals surface area contributed by atoms with Gasteiger partial charge >= 0.3 is 5.97 Å². The number of aromatic carboxylic acids is 1. The van der Waals surface area contributed by atoms with Crippen LogP contribution in [0.1, 0.15) is 34.7 Å². The summed E-state index contributed by atoms with van der Waals surface area (Å²) in [6.07, 6.45) is 2.48. The molecule has 1 N–H and O–H groups in total. The normalized spacial score (nSPS) is 17.8. The third-order valence-corrected chi connectivity index (χ3v) is 4.08. The van der Waals surface area contributed by atoms with E-state index >= 15 is 0 Å². The summed E-state index contributed by atoms with van der Waals surface area (Å²) in [5.41, 5.74) is 0.970. The van der Waals surface area contributed by atoms with Crippen molar-refractivity contribution in [1.29, 1.82) is 0 Å². The summed E-state index contributed by atoms with van der Waals surface area (Å²) in [7, 11) is 4.26. The zero-order valence-electron chi connectivity index (χ0n) is 12.6. The van der Waals surface area contributed by atoms with Gasteiger partial charge in [0.15, 0.2) is 0 Å². The van der Waals surface area contributed by atoms with Crippen molar-refractivity contribution in [3.8, 4) is 0 Å². The zero-order valence-corrected chi connectivity index (χ0v) is 12.6. The molecule has 112 valence electrons. The maximum Gasteiger partial charge on any atom is 0.371 e. The smallest absolute Gasteiger partial charge is 0.371 e. The summed E-state index contributed by atoms with van der Waals surface area (Å²) in [5, 5.41) is 8.93. The molecule has 0 aliphatic carbocycles. The number of carboxylic acid groups (broad SMARTS) is 1. The predicted molar refractivity (Wildman–Crippen MR) is 77.0 cm³/mol. The lowest BCUT2D eigenvalue weighted by Crippen LogP contribution is -2.35. The summed E-state index contributed by atoms with van der Waals surface area (Å²) in [5.74, 6) is 0.475. The van der Waals surface area contributed by atoms with Crippen molar-refractivity contribution in [3.05, 3.63) is 23.2 Å². The molecular formula is C15H24N2O3. The SMILES string of the molecule is Cc1oc(C(=O)O)cc1CN(C)CC1CCN(C)CC1. The minimum atomic E-state index is -1.00. The van der Waals surface area contributed by atoms with Crippen molar-refractivity contribution in [2.45, 2.75) is 26.3 Å². The van der Waals surface area contributed by atoms with Crippen LogP contribution >= 0.6 is 0 Å². The van der Waals surface area contributed by atoms with Crippen LogP contribution in [0.15, 0.2) is 10.5 Å². The van der Waals surface area contributed by atoms with Crippen LogP contribution in [0.4, 0.5) is 0 Å². The average molecular weight is 280 g/mol. The Kier molecular flexibility index (Phi) is 4.83. The number of hydrogen-bond donors (Lipinski definition) is 1. The molecule has 0 aromatic carbocycles. The van der Waals surface area contributed by atoms with Gasteiger partial charge in [-0.25, -0.2) is 4.79 Å². The first-order chi connectivity index (χ1) is 9.45. The number of rotatable bonds is 5. The van der Waals surface area contributed by atoms with Gasteiger partial charge in [0, 0.05) is 18.7 Å². The van der Waals surface area contributed by atoms with Gasteiger partial charge in [-0.15, -0.1) is 0 Å². The van der Waals surface area contributed by atoms with Gasteiger partial charge in [-0.05, 0) is 58.9 Å². The van der Waals surface area contributed by atoms with E-state index in [0.717, 1.165) is 24.6 Å². The van der Waals surface area contributed by atoms with Gasteiger partial charge in [0.25, 0.3) is 0 Å². The van der Waals surface area contributed by atoms with Gasteiger partial charge in [-0.2, -0.15) is 0 Å². The Bertz CT molecular complexity index is 462. The monoisotopic (exact) mass is 280 g/mol. The van der Waals surface area contributed by atoms with Crippen LogP contribution in [-0.2, 0) is 6.54 Å². The lowest BCUT2D eigenvalue weighted by molar-refractivity contribution is 0.0661. The Morgan fingerprint density at radius 2 is 2.15 bits per heavy atom. The molecule has 0 unspecified atom stereocenters. The molecule has 0 spiro atoms. The van der Waals surface area contributed by atoms with Gasteiger partial charge in [0.2, 0.25) is 5.76 Å². The van der Waals surface area contributed by atoms with Crippen molar-refractivity contribution in [3.63, 3.8) is 0 Å². The minimum Gasteiger partial charge on any atom is -0.475 e. The van der Waals surface area contributed by atoms with E-state index in [0.29, 0.717) is 5.76 Å². The molecule has 20 heavy (non-hydrogen) atoms. The molecule has 5 heteroatoms. The van der Waals surface area contributed by atoms with E-state index in [1.165, 1.54) is 25.9 Å². The summed E-state index contributed by atoms with van der Waals surface area (Å²) < 4.78 is 5.25. The number of carbonyl (C=O) groups is 1. The largest absolute Gasteiger partial charge is 0.475 e. The van der Waals surface area contributed by atoms with E-state index in [4.69, 9.17) is 9.52 Å². The van der Waals surface area contributed by atoms with Gasteiger partial charge in [-0.3, -0.25) is 0 Å².